The summed E-state index contributed by atoms with van der Waals surface area (Å²) in [7, 11) is 0. The van der Waals surface area contributed by atoms with Crippen molar-refractivity contribution in [2.45, 2.75) is 0 Å². The molecule has 0 aliphatic rings. The van der Waals surface area contributed by atoms with Crippen molar-refractivity contribution in [1.82, 2.24) is 4.98 Å². The maximum absolute atomic E-state index is 13.0. The van der Waals surface area contributed by atoms with Gasteiger partial charge in [0, 0.05) is 4.47 Å². The summed E-state index contributed by atoms with van der Waals surface area (Å²) in [5.41, 5.74) is 2.35. The summed E-state index contributed by atoms with van der Waals surface area (Å²) in [6.45, 7) is 0. The molecule has 0 saturated carbocycles. The third kappa shape index (κ3) is 1.16. The van der Waals surface area contributed by atoms with Crippen LogP contribution in [0.3, 0.4) is 0 Å². The van der Waals surface area contributed by atoms with E-state index in [-0.39, 0.29) is 5.82 Å². The number of hydrogen-bond donors (Lipinski definition) is 0. The number of hydrogen-bond acceptors (Lipinski definition) is 2. The number of thiazole rings is 1. The molecular formula is C7H3BrFNS. The first-order valence-corrected chi connectivity index (χ1v) is 4.63. The molecule has 0 fully saturated rings. The highest BCUT2D eigenvalue weighted by Crippen LogP contribution is 2.25. The van der Waals surface area contributed by atoms with Crippen molar-refractivity contribution in [3.8, 4) is 0 Å². The van der Waals surface area contributed by atoms with Gasteiger partial charge in [-0.15, -0.1) is 11.3 Å². The Morgan fingerprint density at radius 1 is 1.45 bits per heavy atom. The van der Waals surface area contributed by atoms with Crippen LogP contribution in [0.25, 0.3) is 10.2 Å². The lowest BCUT2D eigenvalue weighted by Crippen LogP contribution is -1.74. The fourth-order valence-corrected chi connectivity index (χ4v) is 1.99. The topological polar surface area (TPSA) is 12.9 Å². The number of fused-ring (bicyclic) bond motifs is 1. The molecule has 0 saturated heterocycles. The molecule has 1 heterocycles. The van der Waals surface area contributed by atoms with Gasteiger partial charge >= 0.3 is 0 Å². The van der Waals surface area contributed by atoms with Crippen LogP contribution < -0.4 is 0 Å². The van der Waals surface area contributed by atoms with Crippen LogP contribution in [-0.2, 0) is 0 Å². The number of rotatable bonds is 0. The van der Waals surface area contributed by atoms with Crippen molar-refractivity contribution < 1.29 is 4.39 Å². The molecule has 0 amide bonds. The Kier molecular flexibility index (Phi) is 1.65. The average Bonchev–Trinajstić information content (AvgIpc) is 2.34. The molecule has 0 radical (unpaired) electrons. The molecule has 0 unspecified atom stereocenters. The fourth-order valence-electron chi connectivity index (χ4n) is 0.895. The molecular weight excluding hydrogens is 229 g/mol. The minimum absolute atomic E-state index is 0.211. The zero-order valence-electron chi connectivity index (χ0n) is 5.34. The average molecular weight is 232 g/mol. The summed E-state index contributed by atoms with van der Waals surface area (Å²) in [5, 5.41) is 0. The van der Waals surface area contributed by atoms with E-state index in [1.165, 1.54) is 17.4 Å². The minimum atomic E-state index is -0.211. The maximum atomic E-state index is 13.0. The molecule has 0 bridgehead atoms. The Morgan fingerprint density at radius 3 is 3.09 bits per heavy atom. The molecule has 4 heteroatoms. The second kappa shape index (κ2) is 2.53. The van der Waals surface area contributed by atoms with E-state index in [1.54, 1.807) is 11.6 Å². The number of aromatic nitrogens is 1. The molecule has 11 heavy (non-hydrogen) atoms. The van der Waals surface area contributed by atoms with E-state index in [1.807, 2.05) is 0 Å². The van der Waals surface area contributed by atoms with Crippen molar-refractivity contribution in [3.63, 3.8) is 0 Å². The third-order valence-corrected chi connectivity index (χ3v) is 2.66. The minimum Gasteiger partial charge on any atom is -0.245 e. The van der Waals surface area contributed by atoms with Gasteiger partial charge in [-0.25, -0.2) is 9.37 Å². The van der Waals surface area contributed by atoms with E-state index < -0.39 is 0 Å². The van der Waals surface area contributed by atoms with Gasteiger partial charge in [0.1, 0.15) is 5.82 Å². The van der Waals surface area contributed by atoms with Crippen molar-refractivity contribution in [3.05, 3.63) is 27.9 Å². The predicted octanol–water partition coefficient (Wildman–Crippen LogP) is 3.20. The van der Waals surface area contributed by atoms with Crippen LogP contribution in [-0.4, -0.2) is 4.98 Å². The van der Waals surface area contributed by atoms with Crippen molar-refractivity contribution in [2.75, 3.05) is 0 Å². The zero-order valence-corrected chi connectivity index (χ0v) is 7.75. The number of benzene rings is 1. The molecule has 0 atom stereocenters. The van der Waals surface area contributed by atoms with Crippen molar-refractivity contribution in [1.29, 1.82) is 0 Å². The molecule has 0 N–H and O–H groups in total. The Morgan fingerprint density at radius 2 is 2.27 bits per heavy atom. The van der Waals surface area contributed by atoms with E-state index in [2.05, 4.69) is 20.9 Å². The Hall–Kier alpha value is -0.480. The number of nitrogens with zero attached hydrogens (tertiary/aromatic N) is 1. The molecule has 2 rings (SSSR count). The van der Waals surface area contributed by atoms with Gasteiger partial charge in [-0.2, -0.15) is 0 Å². The van der Waals surface area contributed by atoms with Crippen LogP contribution in [0.5, 0.6) is 0 Å². The summed E-state index contributed by atoms with van der Waals surface area (Å²) >= 11 is 4.51. The van der Waals surface area contributed by atoms with Gasteiger partial charge in [0.25, 0.3) is 0 Å². The molecule has 0 aliphatic carbocycles. The summed E-state index contributed by atoms with van der Waals surface area (Å²) in [6, 6.07) is 3.25. The summed E-state index contributed by atoms with van der Waals surface area (Å²) in [5.74, 6) is -0.211. The molecule has 1 nitrogen and oxygen atoms in total. The standard InChI is InChI=1S/C7H3BrFNS/c8-4-1-5(9)7-6(2-4)10-3-11-7/h1-3H. The van der Waals surface area contributed by atoms with Gasteiger partial charge in [0.2, 0.25) is 0 Å². The van der Waals surface area contributed by atoms with E-state index >= 15 is 0 Å². The summed E-state index contributed by atoms with van der Waals surface area (Å²) < 4.78 is 14.4. The first-order valence-electron chi connectivity index (χ1n) is 2.95. The quantitative estimate of drug-likeness (QED) is 0.679. The Labute approximate surface area is 75.0 Å². The Bertz CT molecular complexity index is 398. The van der Waals surface area contributed by atoms with E-state index in [0.29, 0.717) is 10.2 Å². The van der Waals surface area contributed by atoms with Crippen molar-refractivity contribution in [2.24, 2.45) is 0 Å². The normalized spacial score (nSPS) is 10.7. The SMILES string of the molecule is Fc1cc(Br)cc2ncsc12. The van der Waals surface area contributed by atoms with Gasteiger partial charge in [-0.1, -0.05) is 15.9 Å². The lowest BCUT2D eigenvalue weighted by molar-refractivity contribution is 0.641. The summed E-state index contributed by atoms with van der Waals surface area (Å²) in [6.07, 6.45) is 0. The highest BCUT2D eigenvalue weighted by atomic mass is 79.9. The maximum Gasteiger partial charge on any atom is 0.143 e. The predicted molar refractivity (Wildman–Crippen MR) is 47.3 cm³/mol. The molecule has 0 aliphatic heterocycles. The van der Waals surface area contributed by atoms with Crippen LogP contribution in [0.2, 0.25) is 0 Å². The van der Waals surface area contributed by atoms with Gasteiger partial charge in [-0.05, 0) is 12.1 Å². The van der Waals surface area contributed by atoms with Crippen LogP contribution in [0.1, 0.15) is 0 Å². The second-order valence-corrected chi connectivity index (χ2v) is 3.86. The van der Waals surface area contributed by atoms with Crippen LogP contribution in [0.4, 0.5) is 4.39 Å². The lowest BCUT2D eigenvalue weighted by Gasteiger charge is -1.91. The Balaban J connectivity index is 2.91. The highest BCUT2D eigenvalue weighted by molar-refractivity contribution is 9.10. The largest absolute Gasteiger partial charge is 0.245 e. The van der Waals surface area contributed by atoms with E-state index in [0.717, 1.165) is 4.47 Å². The number of halogens is 2. The van der Waals surface area contributed by atoms with Gasteiger partial charge in [0.05, 0.1) is 15.7 Å². The highest BCUT2D eigenvalue weighted by Gasteiger charge is 2.03. The third-order valence-electron chi connectivity index (χ3n) is 1.35. The molecule has 1 aromatic heterocycles. The molecule has 56 valence electrons. The fraction of sp³-hybridized carbons (Fsp3) is 0. The van der Waals surface area contributed by atoms with E-state index in [9.17, 15) is 4.39 Å². The lowest BCUT2D eigenvalue weighted by atomic mass is 10.3. The first-order chi connectivity index (χ1) is 5.27. The van der Waals surface area contributed by atoms with Crippen LogP contribution in [0.15, 0.2) is 22.1 Å². The van der Waals surface area contributed by atoms with Crippen LogP contribution in [0, 0.1) is 5.82 Å². The van der Waals surface area contributed by atoms with E-state index in [4.69, 9.17) is 0 Å². The van der Waals surface area contributed by atoms with Crippen molar-refractivity contribution >= 4 is 37.5 Å². The molecule has 0 spiro atoms. The van der Waals surface area contributed by atoms with Gasteiger partial charge < -0.3 is 0 Å². The monoisotopic (exact) mass is 231 g/mol. The first kappa shape index (κ1) is 7.18. The molecule has 2 aromatic rings. The molecule has 1 aromatic carbocycles. The van der Waals surface area contributed by atoms with Gasteiger partial charge in [-0.3, -0.25) is 0 Å². The zero-order chi connectivity index (χ0) is 7.84. The van der Waals surface area contributed by atoms with Crippen LogP contribution >= 0.6 is 27.3 Å². The summed E-state index contributed by atoms with van der Waals surface area (Å²) in [4.78, 5) is 3.99. The second-order valence-electron chi connectivity index (χ2n) is 2.09. The van der Waals surface area contributed by atoms with Gasteiger partial charge in [0.15, 0.2) is 0 Å². The smallest absolute Gasteiger partial charge is 0.143 e.